The fraction of sp³-hybridized carbons (Fsp3) is 0. The molecule has 0 fully saturated rings. The maximum atomic E-state index is 13.0. The maximum absolute atomic E-state index is 13.0. The average Bonchev–Trinajstić information content (AvgIpc) is 2.38. The van der Waals surface area contributed by atoms with Crippen molar-refractivity contribution in [3.05, 3.63) is 63.9 Å². The van der Waals surface area contributed by atoms with Crippen LogP contribution >= 0.6 is 23.2 Å². The lowest BCUT2D eigenvalue weighted by atomic mass is 9.99. The number of aldehydes is 1. The Hall–Kier alpha value is -1.64. The molecular weight excluding hydrogens is 286 g/mol. The van der Waals surface area contributed by atoms with E-state index in [9.17, 15) is 9.18 Å². The molecule has 1 nitrogen and oxygen atoms in total. The number of hydrogen-bond acceptors (Lipinski definition) is 1. The molecule has 0 saturated carbocycles. The third kappa shape index (κ3) is 3.22. The van der Waals surface area contributed by atoms with Crippen LogP contribution in [0.15, 0.2) is 42.5 Å². The predicted molar refractivity (Wildman–Crippen MR) is 77.0 cm³/mol. The monoisotopic (exact) mass is 294 g/mol. The zero-order valence-corrected chi connectivity index (χ0v) is 11.3. The SMILES string of the molecule is O=C/C=C/c1c(Cl)cc(Cl)cc1-c1ccc(F)cc1. The molecule has 19 heavy (non-hydrogen) atoms. The van der Waals surface area contributed by atoms with Crippen molar-refractivity contribution in [1.82, 2.24) is 0 Å². The molecule has 0 aromatic heterocycles. The second-order valence-electron chi connectivity index (χ2n) is 3.85. The van der Waals surface area contributed by atoms with Crippen molar-refractivity contribution in [3.63, 3.8) is 0 Å². The van der Waals surface area contributed by atoms with Crippen LogP contribution in [0.5, 0.6) is 0 Å². The molecule has 0 heterocycles. The van der Waals surface area contributed by atoms with E-state index >= 15 is 0 Å². The van der Waals surface area contributed by atoms with Gasteiger partial charge in [-0.15, -0.1) is 0 Å². The third-order valence-corrected chi connectivity index (χ3v) is 3.12. The van der Waals surface area contributed by atoms with Gasteiger partial charge in [0.1, 0.15) is 12.1 Å². The van der Waals surface area contributed by atoms with Gasteiger partial charge < -0.3 is 0 Å². The van der Waals surface area contributed by atoms with E-state index in [0.29, 0.717) is 21.9 Å². The van der Waals surface area contributed by atoms with Crippen molar-refractivity contribution >= 4 is 35.6 Å². The Labute approximate surface area is 120 Å². The molecule has 0 unspecified atom stereocenters. The predicted octanol–water partition coefficient (Wildman–Crippen LogP) is 5.01. The van der Waals surface area contributed by atoms with Gasteiger partial charge >= 0.3 is 0 Å². The highest BCUT2D eigenvalue weighted by molar-refractivity contribution is 6.36. The Morgan fingerprint density at radius 1 is 1.05 bits per heavy atom. The number of hydrogen-bond donors (Lipinski definition) is 0. The van der Waals surface area contributed by atoms with Gasteiger partial charge in [-0.3, -0.25) is 4.79 Å². The zero-order chi connectivity index (χ0) is 13.8. The molecule has 2 aromatic carbocycles. The Kier molecular flexibility index (Phi) is 4.35. The van der Waals surface area contributed by atoms with Gasteiger partial charge in [-0.05, 0) is 47.5 Å². The van der Waals surface area contributed by atoms with Gasteiger partial charge in [0, 0.05) is 15.6 Å². The van der Waals surface area contributed by atoms with E-state index in [1.165, 1.54) is 18.2 Å². The van der Waals surface area contributed by atoms with E-state index in [-0.39, 0.29) is 5.82 Å². The largest absolute Gasteiger partial charge is 0.299 e. The van der Waals surface area contributed by atoms with Gasteiger partial charge in [-0.2, -0.15) is 0 Å². The summed E-state index contributed by atoms with van der Waals surface area (Å²) in [6.45, 7) is 0. The number of halogens is 3. The van der Waals surface area contributed by atoms with Gasteiger partial charge in [-0.1, -0.05) is 35.3 Å². The molecule has 0 bridgehead atoms. The third-order valence-electron chi connectivity index (χ3n) is 2.59. The van der Waals surface area contributed by atoms with Crippen molar-refractivity contribution in [2.45, 2.75) is 0 Å². The molecule has 0 atom stereocenters. The molecule has 0 aliphatic rings. The quantitative estimate of drug-likeness (QED) is 0.574. The second kappa shape index (κ2) is 6.00. The van der Waals surface area contributed by atoms with E-state index in [4.69, 9.17) is 23.2 Å². The van der Waals surface area contributed by atoms with E-state index in [2.05, 4.69) is 0 Å². The summed E-state index contributed by atoms with van der Waals surface area (Å²) < 4.78 is 13.0. The summed E-state index contributed by atoms with van der Waals surface area (Å²) in [6, 6.07) is 9.31. The van der Waals surface area contributed by atoms with E-state index < -0.39 is 0 Å². The summed E-state index contributed by atoms with van der Waals surface area (Å²) in [5.74, 6) is -0.318. The van der Waals surface area contributed by atoms with Crippen LogP contribution in [0.1, 0.15) is 5.56 Å². The van der Waals surface area contributed by atoms with Crippen molar-refractivity contribution < 1.29 is 9.18 Å². The number of allylic oxidation sites excluding steroid dienone is 1. The smallest absolute Gasteiger partial charge is 0.142 e. The minimum absolute atomic E-state index is 0.318. The molecular formula is C15H9Cl2FO. The number of carbonyl (C=O) groups is 1. The van der Waals surface area contributed by atoms with Gasteiger partial charge in [0.15, 0.2) is 0 Å². The van der Waals surface area contributed by atoms with Gasteiger partial charge in [-0.25, -0.2) is 4.39 Å². The summed E-state index contributed by atoms with van der Waals surface area (Å²) in [5, 5.41) is 0.914. The highest BCUT2D eigenvalue weighted by atomic mass is 35.5. The lowest BCUT2D eigenvalue weighted by molar-refractivity contribution is -0.104. The first-order chi connectivity index (χ1) is 9.11. The first-order valence-electron chi connectivity index (χ1n) is 5.48. The first kappa shape index (κ1) is 13.8. The molecule has 0 spiro atoms. The van der Waals surface area contributed by atoms with Gasteiger partial charge in [0.25, 0.3) is 0 Å². The summed E-state index contributed by atoms with van der Waals surface area (Å²) >= 11 is 12.1. The Bertz CT molecular complexity index is 633. The molecule has 0 amide bonds. The molecule has 0 N–H and O–H groups in total. The van der Waals surface area contributed by atoms with Crippen LogP contribution in [0.25, 0.3) is 17.2 Å². The topological polar surface area (TPSA) is 17.1 Å². The van der Waals surface area contributed by atoms with E-state index in [1.54, 1.807) is 30.3 Å². The minimum Gasteiger partial charge on any atom is -0.299 e. The van der Waals surface area contributed by atoms with Crippen molar-refractivity contribution in [2.24, 2.45) is 0 Å². The van der Waals surface area contributed by atoms with Crippen LogP contribution in [-0.4, -0.2) is 6.29 Å². The molecule has 0 aliphatic heterocycles. The molecule has 4 heteroatoms. The standard InChI is InChI=1S/C15H9Cl2FO/c16-11-8-14(10-3-5-12(18)6-4-10)13(2-1-7-19)15(17)9-11/h1-9H/b2-1+. The maximum Gasteiger partial charge on any atom is 0.142 e. The van der Waals surface area contributed by atoms with Crippen LogP contribution in [0.2, 0.25) is 10.0 Å². The van der Waals surface area contributed by atoms with Gasteiger partial charge in [0.2, 0.25) is 0 Å². The van der Waals surface area contributed by atoms with E-state index in [0.717, 1.165) is 11.1 Å². The fourth-order valence-corrected chi connectivity index (χ4v) is 2.31. The summed E-state index contributed by atoms with van der Waals surface area (Å²) in [6.07, 6.45) is 3.62. The highest BCUT2D eigenvalue weighted by Crippen LogP contribution is 2.33. The number of carbonyl (C=O) groups excluding carboxylic acids is 1. The fourth-order valence-electron chi connectivity index (χ4n) is 1.76. The second-order valence-corrected chi connectivity index (χ2v) is 4.69. The van der Waals surface area contributed by atoms with Gasteiger partial charge in [0.05, 0.1) is 0 Å². The zero-order valence-electron chi connectivity index (χ0n) is 9.74. The molecule has 2 rings (SSSR count). The van der Waals surface area contributed by atoms with Crippen molar-refractivity contribution in [3.8, 4) is 11.1 Å². The van der Waals surface area contributed by atoms with Crippen LogP contribution in [0.3, 0.4) is 0 Å². The lowest BCUT2D eigenvalue weighted by Crippen LogP contribution is -1.86. The lowest BCUT2D eigenvalue weighted by Gasteiger charge is -2.09. The number of rotatable bonds is 3. The number of benzene rings is 2. The minimum atomic E-state index is -0.318. The summed E-state index contributed by atoms with van der Waals surface area (Å²) in [5.41, 5.74) is 2.19. The molecule has 0 saturated heterocycles. The average molecular weight is 295 g/mol. The Morgan fingerprint density at radius 2 is 1.74 bits per heavy atom. The molecule has 96 valence electrons. The van der Waals surface area contributed by atoms with E-state index in [1.807, 2.05) is 0 Å². The normalized spacial score (nSPS) is 10.9. The Morgan fingerprint density at radius 3 is 2.37 bits per heavy atom. The van der Waals surface area contributed by atoms with Crippen LogP contribution in [0.4, 0.5) is 4.39 Å². The van der Waals surface area contributed by atoms with Crippen LogP contribution in [0, 0.1) is 5.82 Å². The first-order valence-corrected chi connectivity index (χ1v) is 6.24. The summed E-state index contributed by atoms with van der Waals surface area (Å²) in [4.78, 5) is 10.4. The molecule has 0 radical (unpaired) electrons. The highest BCUT2D eigenvalue weighted by Gasteiger charge is 2.09. The van der Waals surface area contributed by atoms with Crippen LogP contribution in [-0.2, 0) is 4.79 Å². The van der Waals surface area contributed by atoms with Crippen molar-refractivity contribution in [2.75, 3.05) is 0 Å². The summed E-state index contributed by atoms with van der Waals surface area (Å²) in [7, 11) is 0. The van der Waals surface area contributed by atoms with Crippen molar-refractivity contribution in [1.29, 1.82) is 0 Å². The molecule has 0 aliphatic carbocycles. The molecule has 2 aromatic rings. The Balaban J connectivity index is 2.63. The van der Waals surface area contributed by atoms with Crippen LogP contribution < -0.4 is 0 Å².